The minimum Gasteiger partial charge on any atom is -0.324 e. The van der Waals surface area contributed by atoms with E-state index in [0.29, 0.717) is 17.5 Å². The number of hydrogen-bond acceptors (Lipinski definition) is 1. The highest BCUT2D eigenvalue weighted by molar-refractivity contribution is 5.31. The van der Waals surface area contributed by atoms with Crippen LogP contribution in [0.5, 0.6) is 0 Å². The molecule has 0 aromatic heterocycles. The smallest absolute Gasteiger partial charge is 0.162 e. The Morgan fingerprint density at radius 3 is 2.46 bits per heavy atom. The van der Waals surface area contributed by atoms with Gasteiger partial charge in [0.25, 0.3) is 0 Å². The van der Waals surface area contributed by atoms with Gasteiger partial charge in [0.15, 0.2) is 11.6 Å². The molecule has 0 aliphatic heterocycles. The molecule has 0 unspecified atom stereocenters. The Morgan fingerprint density at radius 2 is 2.00 bits per heavy atom. The van der Waals surface area contributed by atoms with Gasteiger partial charge in [0, 0.05) is 6.04 Å². The van der Waals surface area contributed by atoms with Gasteiger partial charge in [-0.15, -0.1) is 0 Å². The number of halogens is 2. The first-order valence-corrected chi connectivity index (χ1v) is 4.30. The highest BCUT2D eigenvalue weighted by atomic mass is 19.2. The second-order valence-corrected chi connectivity index (χ2v) is 3.07. The molecule has 1 aromatic rings. The summed E-state index contributed by atoms with van der Waals surface area (Å²) in [6.45, 7) is 3.54. The molecule has 0 heterocycles. The van der Waals surface area contributed by atoms with Crippen molar-refractivity contribution in [2.24, 2.45) is 5.73 Å². The van der Waals surface area contributed by atoms with Gasteiger partial charge in [-0.2, -0.15) is 0 Å². The number of hydrogen-bond donors (Lipinski definition) is 1. The van der Waals surface area contributed by atoms with Gasteiger partial charge >= 0.3 is 0 Å². The molecule has 0 saturated carbocycles. The molecule has 0 saturated heterocycles. The van der Waals surface area contributed by atoms with Crippen LogP contribution in [0.3, 0.4) is 0 Å². The molecule has 0 radical (unpaired) electrons. The van der Waals surface area contributed by atoms with Crippen LogP contribution < -0.4 is 5.73 Å². The minimum absolute atomic E-state index is 0.259. The van der Waals surface area contributed by atoms with Crippen LogP contribution in [0.15, 0.2) is 12.1 Å². The topological polar surface area (TPSA) is 26.0 Å². The normalized spacial score (nSPS) is 13.0. The molecule has 0 aliphatic rings. The summed E-state index contributed by atoms with van der Waals surface area (Å²) >= 11 is 0. The fraction of sp³-hybridized carbons (Fsp3) is 0.400. The molecule has 1 aromatic carbocycles. The molecule has 0 aliphatic carbocycles. The van der Waals surface area contributed by atoms with Gasteiger partial charge in [0.1, 0.15) is 0 Å². The molecule has 13 heavy (non-hydrogen) atoms. The first-order valence-electron chi connectivity index (χ1n) is 4.30. The predicted octanol–water partition coefficient (Wildman–Crippen LogP) is 2.55. The molecule has 1 rings (SSSR count). The van der Waals surface area contributed by atoms with Crippen molar-refractivity contribution >= 4 is 0 Å². The van der Waals surface area contributed by atoms with E-state index < -0.39 is 11.6 Å². The van der Waals surface area contributed by atoms with Crippen molar-refractivity contribution in [3.8, 4) is 0 Å². The third-order valence-corrected chi connectivity index (χ3v) is 2.08. The summed E-state index contributed by atoms with van der Waals surface area (Å²) in [4.78, 5) is 0. The highest BCUT2D eigenvalue weighted by Gasteiger charge is 2.13. The molecular weight excluding hydrogens is 172 g/mol. The average molecular weight is 185 g/mol. The van der Waals surface area contributed by atoms with E-state index in [-0.39, 0.29) is 6.04 Å². The predicted molar refractivity (Wildman–Crippen MR) is 48.3 cm³/mol. The molecule has 0 spiro atoms. The number of benzene rings is 1. The zero-order chi connectivity index (χ0) is 10.0. The Labute approximate surface area is 76.6 Å². The van der Waals surface area contributed by atoms with Gasteiger partial charge in [-0.25, -0.2) is 8.78 Å². The van der Waals surface area contributed by atoms with Crippen molar-refractivity contribution in [2.75, 3.05) is 0 Å². The number of nitrogens with two attached hydrogens (primary N) is 1. The van der Waals surface area contributed by atoms with Crippen LogP contribution in [0.25, 0.3) is 0 Å². The maximum Gasteiger partial charge on any atom is 0.162 e. The largest absolute Gasteiger partial charge is 0.324 e. The summed E-state index contributed by atoms with van der Waals surface area (Å²) in [5, 5.41) is 0. The van der Waals surface area contributed by atoms with Gasteiger partial charge in [-0.3, -0.25) is 0 Å². The number of rotatable bonds is 2. The zero-order valence-electron chi connectivity index (χ0n) is 7.77. The lowest BCUT2D eigenvalue weighted by molar-refractivity contribution is 0.496. The van der Waals surface area contributed by atoms with Gasteiger partial charge in [0.05, 0.1) is 0 Å². The molecule has 0 bridgehead atoms. The third-order valence-electron chi connectivity index (χ3n) is 2.08. The fourth-order valence-corrected chi connectivity index (χ4v) is 1.39. The maximum atomic E-state index is 13.2. The van der Waals surface area contributed by atoms with Gasteiger partial charge in [0.2, 0.25) is 0 Å². The van der Waals surface area contributed by atoms with Crippen molar-refractivity contribution in [3.63, 3.8) is 0 Å². The fourth-order valence-electron chi connectivity index (χ4n) is 1.39. The van der Waals surface area contributed by atoms with Crippen molar-refractivity contribution in [1.29, 1.82) is 0 Å². The van der Waals surface area contributed by atoms with Crippen LogP contribution in [0.2, 0.25) is 0 Å². The van der Waals surface area contributed by atoms with E-state index in [9.17, 15) is 8.78 Å². The third kappa shape index (κ3) is 1.86. The van der Waals surface area contributed by atoms with Crippen LogP contribution in [0.4, 0.5) is 8.78 Å². The van der Waals surface area contributed by atoms with Crippen LogP contribution in [0.1, 0.15) is 31.0 Å². The van der Waals surface area contributed by atoms with Crippen molar-refractivity contribution < 1.29 is 8.78 Å². The van der Waals surface area contributed by atoms with E-state index >= 15 is 0 Å². The van der Waals surface area contributed by atoms with Gasteiger partial charge in [-0.1, -0.05) is 13.0 Å². The summed E-state index contributed by atoms with van der Waals surface area (Å²) < 4.78 is 26.0. The van der Waals surface area contributed by atoms with E-state index in [1.54, 1.807) is 19.9 Å². The Morgan fingerprint density at radius 1 is 1.38 bits per heavy atom. The molecule has 3 heteroatoms. The first-order chi connectivity index (χ1) is 6.07. The summed E-state index contributed by atoms with van der Waals surface area (Å²) in [5.41, 5.74) is 6.69. The Bertz CT molecular complexity index is 308. The van der Waals surface area contributed by atoms with E-state index in [1.165, 1.54) is 0 Å². The lowest BCUT2D eigenvalue weighted by atomic mass is 9.99. The van der Waals surface area contributed by atoms with Gasteiger partial charge in [-0.05, 0) is 30.5 Å². The quantitative estimate of drug-likeness (QED) is 0.752. The summed E-state index contributed by atoms with van der Waals surface area (Å²) in [5.74, 6) is -1.57. The molecule has 1 atom stereocenters. The van der Waals surface area contributed by atoms with E-state index in [1.807, 2.05) is 0 Å². The SMILES string of the molecule is CCc1c([C@@H](C)N)ccc(F)c1F. The van der Waals surface area contributed by atoms with Crippen molar-refractivity contribution in [2.45, 2.75) is 26.3 Å². The van der Waals surface area contributed by atoms with E-state index in [4.69, 9.17) is 5.73 Å². The molecule has 1 nitrogen and oxygen atoms in total. The monoisotopic (exact) mass is 185 g/mol. The van der Waals surface area contributed by atoms with Crippen molar-refractivity contribution in [1.82, 2.24) is 0 Å². The van der Waals surface area contributed by atoms with Crippen LogP contribution in [-0.2, 0) is 6.42 Å². The molecule has 72 valence electrons. The molecule has 2 N–H and O–H groups in total. The lowest BCUT2D eigenvalue weighted by Gasteiger charge is -2.12. The maximum absolute atomic E-state index is 13.2. The standard InChI is InChI=1S/C10H13F2N/c1-3-7-8(6(2)13)4-5-9(11)10(7)12/h4-6H,3,13H2,1-2H3/t6-/m1/s1. The Hall–Kier alpha value is -0.960. The Balaban J connectivity index is 3.30. The molecule has 0 amide bonds. The zero-order valence-corrected chi connectivity index (χ0v) is 7.77. The summed E-state index contributed by atoms with van der Waals surface area (Å²) in [6, 6.07) is 2.40. The first kappa shape index (κ1) is 10.1. The second kappa shape index (κ2) is 3.83. The lowest BCUT2D eigenvalue weighted by Crippen LogP contribution is -2.10. The average Bonchev–Trinajstić information content (AvgIpc) is 2.09. The molecule has 0 fully saturated rings. The van der Waals surface area contributed by atoms with Gasteiger partial charge < -0.3 is 5.73 Å². The van der Waals surface area contributed by atoms with Crippen LogP contribution in [-0.4, -0.2) is 0 Å². The van der Waals surface area contributed by atoms with Crippen molar-refractivity contribution in [3.05, 3.63) is 34.9 Å². The highest BCUT2D eigenvalue weighted by Crippen LogP contribution is 2.21. The van der Waals surface area contributed by atoms with Crippen LogP contribution in [0, 0.1) is 11.6 Å². The summed E-state index contributed by atoms with van der Waals surface area (Å²) in [6.07, 6.45) is 0.459. The van der Waals surface area contributed by atoms with E-state index in [2.05, 4.69) is 0 Å². The summed E-state index contributed by atoms with van der Waals surface area (Å²) in [7, 11) is 0. The minimum atomic E-state index is -0.804. The van der Waals surface area contributed by atoms with Crippen LogP contribution >= 0.6 is 0 Å². The Kier molecular flexibility index (Phi) is 2.98. The van der Waals surface area contributed by atoms with E-state index in [0.717, 1.165) is 6.07 Å². The molecular formula is C10H13F2N. The second-order valence-electron chi connectivity index (χ2n) is 3.07.